The van der Waals surface area contributed by atoms with Crippen LogP contribution in [0.25, 0.3) is 0 Å². The normalized spacial score (nSPS) is 11.3. The Morgan fingerprint density at radius 2 is 1.74 bits per heavy atom. The molecular weight excluding hydrogens is 278 g/mol. The van der Waals surface area contributed by atoms with Crippen molar-refractivity contribution in [2.75, 3.05) is 41.4 Å². The molecule has 0 unspecified atom stereocenters. The monoisotopic (exact) mass is 299 g/mol. The summed E-state index contributed by atoms with van der Waals surface area (Å²) in [4.78, 5) is 20.0. The number of hydrogen-bond donors (Lipinski definition) is 0. The van der Waals surface area contributed by atoms with Crippen LogP contribution in [0.2, 0.25) is 0 Å². The molecule has 0 aliphatic carbocycles. The highest BCUT2D eigenvalue weighted by Crippen LogP contribution is 1.94. The Labute approximate surface area is 114 Å². The molecule has 8 nitrogen and oxygen atoms in total. The minimum Gasteiger partial charge on any atom is -0.726 e. The molecule has 0 saturated carbocycles. The highest BCUT2D eigenvalue weighted by molar-refractivity contribution is 7.80. The van der Waals surface area contributed by atoms with Gasteiger partial charge in [0.1, 0.15) is 13.2 Å². The lowest BCUT2D eigenvalue weighted by Gasteiger charge is -2.22. The smallest absolute Gasteiger partial charge is 0.368 e. The maximum Gasteiger partial charge on any atom is 0.368 e. The molecule has 9 heteroatoms. The van der Waals surface area contributed by atoms with Crippen LogP contribution in [0.1, 0.15) is 6.92 Å². The zero-order valence-electron chi connectivity index (χ0n) is 11.8. The fraction of sp³-hybridized carbons (Fsp3) is 0.700. The van der Waals surface area contributed by atoms with Gasteiger partial charge in [0.25, 0.3) is 0 Å². The molecule has 0 aromatic carbocycles. The van der Waals surface area contributed by atoms with Gasteiger partial charge in [0.2, 0.25) is 10.4 Å². The number of likely N-dealkylation sites (N-methyl/N-ethyl adjacent to an activating group) is 1. The van der Waals surface area contributed by atoms with Gasteiger partial charge in [0.15, 0.2) is 0 Å². The van der Waals surface area contributed by atoms with Crippen LogP contribution in [0.15, 0.2) is 12.2 Å². The highest BCUT2D eigenvalue weighted by atomic mass is 32.3. The SMILES string of the molecule is C=C(C)C(=O)OOCC[N+](C)(C)C.COS(=O)(=O)[O-]. The standard InChI is InChI=1S/C9H18NO3.CH4O4S/c1-8(2)9(11)13-12-7-6-10(3,4)5;1-5-6(2,3)4/h1,6-7H2,2-5H3;1H3,(H,2,3,4)/q+1;/p-1. The molecule has 19 heavy (non-hydrogen) atoms. The summed E-state index contributed by atoms with van der Waals surface area (Å²) < 4.78 is 31.8. The van der Waals surface area contributed by atoms with Gasteiger partial charge in [0, 0.05) is 5.57 Å². The topological polar surface area (TPSA) is 102 Å². The zero-order chi connectivity index (χ0) is 15.7. The number of carbonyl (C=O) groups excluding carboxylic acids is 1. The minimum absolute atomic E-state index is 0.338. The number of quaternary nitrogens is 1. The van der Waals surface area contributed by atoms with Crippen LogP contribution in [0.5, 0.6) is 0 Å². The summed E-state index contributed by atoms with van der Waals surface area (Å²) in [5.41, 5.74) is 0.338. The van der Waals surface area contributed by atoms with Gasteiger partial charge in [-0.3, -0.25) is 9.07 Å². The van der Waals surface area contributed by atoms with Crippen molar-refractivity contribution in [3.05, 3.63) is 12.2 Å². The summed E-state index contributed by atoms with van der Waals surface area (Å²) in [6.45, 7) is 6.17. The lowest BCUT2D eigenvalue weighted by atomic mass is 10.4. The number of hydrogen-bond acceptors (Lipinski definition) is 7. The van der Waals surface area contributed by atoms with Crippen LogP contribution in [-0.2, 0) is 29.2 Å². The molecule has 0 rings (SSSR count). The molecular formula is C10H21NO7S. The summed E-state index contributed by atoms with van der Waals surface area (Å²) in [6, 6.07) is 0. The van der Waals surface area contributed by atoms with Crippen molar-refractivity contribution in [1.82, 2.24) is 0 Å². The van der Waals surface area contributed by atoms with Crippen LogP contribution in [0, 0.1) is 0 Å². The first-order valence-corrected chi connectivity index (χ1v) is 6.53. The van der Waals surface area contributed by atoms with Crippen molar-refractivity contribution in [3.8, 4) is 0 Å². The van der Waals surface area contributed by atoms with E-state index in [0.717, 1.165) is 18.1 Å². The van der Waals surface area contributed by atoms with Gasteiger partial charge >= 0.3 is 5.97 Å². The predicted molar refractivity (Wildman–Crippen MR) is 66.5 cm³/mol. The molecule has 0 amide bonds. The Bertz CT molecular complexity index is 383. The van der Waals surface area contributed by atoms with Crippen LogP contribution in [0.4, 0.5) is 0 Å². The Morgan fingerprint density at radius 1 is 1.32 bits per heavy atom. The van der Waals surface area contributed by atoms with Crippen LogP contribution in [0.3, 0.4) is 0 Å². The summed E-state index contributed by atoms with van der Waals surface area (Å²) >= 11 is 0. The number of carbonyl (C=O) groups is 1. The summed E-state index contributed by atoms with van der Waals surface area (Å²) in [6.07, 6.45) is 0. The Morgan fingerprint density at radius 3 is 2.00 bits per heavy atom. The van der Waals surface area contributed by atoms with E-state index >= 15 is 0 Å². The fourth-order valence-electron chi connectivity index (χ4n) is 0.477. The summed E-state index contributed by atoms with van der Waals surface area (Å²) in [5.74, 6) is -0.513. The van der Waals surface area contributed by atoms with Crippen molar-refractivity contribution in [2.24, 2.45) is 0 Å². The summed E-state index contributed by atoms with van der Waals surface area (Å²) in [7, 11) is 2.49. The first-order valence-electron chi connectivity index (χ1n) is 5.20. The summed E-state index contributed by atoms with van der Waals surface area (Å²) in [5, 5.41) is 0. The molecule has 0 aliphatic heterocycles. The van der Waals surface area contributed by atoms with Gasteiger partial charge in [-0.05, 0) is 6.92 Å². The first-order chi connectivity index (χ1) is 8.39. The second-order valence-corrected chi connectivity index (χ2v) is 5.71. The zero-order valence-corrected chi connectivity index (χ0v) is 12.7. The van der Waals surface area contributed by atoms with Gasteiger partial charge in [-0.2, -0.15) is 4.89 Å². The number of nitrogens with zero attached hydrogens (tertiary/aromatic N) is 1. The van der Waals surface area contributed by atoms with Crippen molar-refractivity contribution in [2.45, 2.75) is 6.92 Å². The molecule has 114 valence electrons. The Kier molecular flexibility index (Phi) is 9.62. The molecule has 0 spiro atoms. The average molecular weight is 299 g/mol. The lowest BCUT2D eigenvalue weighted by Crippen LogP contribution is -2.37. The van der Waals surface area contributed by atoms with Crippen molar-refractivity contribution >= 4 is 16.4 Å². The first kappa shape index (κ1) is 20.3. The third kappa shape index (κ3) is 19.5. The van der Waals surface area contributed by atoms with E-state index in [2.05, 4.69) is 15.6 Å². The van der Waals surface area contributed by atoms with E-state index in [1.807, 2.05) is 21.1 Å². The van der Waals surface area contributed by atoms with Gasteiger partial charge in [-0.15, -0.1) is 0 Å². The fourth-order valence-corrected chi connectivity index (χ4v) is 0.477. The van der Waals surface area contributed by atoms with Gasteiger partial charge in [-0.25, -0.2) is 13.2 Å². The van der Waals surface area contributed by atoms with E-state index in [1.165, 1.54) is 0 Å². The predicted octanol–water partition coefficient (Wildman–Crippen LogP) is -0.163. The molecule has 0 fully saturated rings. The number of rotatable bonds is 6. The third-order valence-electron chi connectivity index (χ3n) is 1.53. The lowest BCUT2D eigenvalue weighted by molar-refractivity contribution is -0.871. The van der Waals surface area contributed by atoms with Crippen LogP contribution >= 0.6 is 0 Å². The molecule has 0 radical (unpaired) electrons. The van der Waals surface area contributed by atoms with Gasteiger partial charge in [-0.1, -0.05) is 6.58 Å². The quantitative estimate of drug-likeness (QED) is 0.128. The van der Waals surface area contributed by atoms with Crippen LogP contribution < -0.4 is 0 Å². The van der Waals surface area contributed by atoms with E-state index in [9.17, 15) is 17.8 Å². The second kappa shape index (κ2) is 8.99. The Balaban J connectivity index is 0. The molecule has 0 atom stereocenters. The van der Waals surface area contributed by atoms with Crippen molar-refractivity contribution < 1.29 is 36.2 Å². The van der Waals surface area contributed by atoms with Crippen molar-refractivity contribution in [3.63, 3.8) is 0 Å². The molecule has 0 aromatic rings. The van der Waals surface area contributed by atoms with Gasteiger partial charge in [0.05, 0.1) is 28.3 Å². The van der Waals surface area contributed by atoms with E-state index in [4.69, 9.17) is 4.89 Å². The molecule has 0 bridgehead atoms. The van der Waals surface area contributed by atoms with E-state index < -0.39 is 16.4 Å². The third-order valence-corrected chi connectivity index (χ3v) is 1.94. The Hall–Kier alpha value is -1.00. The van der Waals surface area contributed by atoms with Gasteiger partial charge < -0.3 is 9.04 Å². The molecule has 0 aliphatic rings. The largest absolute Gasteiger partial charge is 0.726 e. The maximum atomic E-state index is 10.8. The molecule has 0 saturated heterocycles. The molecule has 0 N–H and O–H groups in total. The molecule has 0 heterocycles. The van der Waals surface area contributed by atoms with Crippen LogP contribution in [-0.4, -0.2) is 64.8 Å². The van der Waals surface area contributed by atoms with Crippen molar-refractivity contribution in [1.29, 1.82) is 0 Å². The van der Waals surface area contributed by atoms with E-state index in [0.29, 0.717) is 12.2 Å². The minimum atomic E-state index is -4.41. The maximum absolute atomic E-state index is 10.8. The second-order valence-electron chi connectivity index (χ2n) is 4.56. The van der Waals surface area contributed by atoms with E-state index in [1.54, 1.807) is 6.92 Å². The highest BCUT2D eigenvalue weighted by Gasteiger charge is 2.08. The average Bonchev–Trinajstić information content (AvgIpc) is 2.22. The van der Waals surface area contributed by atoms with E-state index in [-0.39, 0.29) is 0 Å². The molecule has 0 aromatic heterocycles.